The summed E-state index contributed by atoms with van der Waals surface area (Å²) >= 11 is 0. The highest BCUT2D eigenvalue weighted by molar-refractivity contribution is 7.86. The molecule has 1 fully saturated rings. The summed E-state index contributed by atoms with van der Waals surface area (Å²) in [6.07, 6.45) is -0.267. The molecule has 2 N–H and O–H groups in total. The summed E-state index contributed by atoms with van der Waals surface area (Å²) in [5, 5.41) is 10.2. The van der Waals surface area contributed by atoms with E-state index in [0.29, 0.717) is 18.4 Å². The first-order chi connectivity index (χ1) is 13.7. The van der Waals surface area contributed by atoms with E-state index in [4.69, 9.17) is 8.92 Å². The highest BCUT2D eigenvalue weighted by Gasteiger charge is 2.36. The minimum absolute atomic E-state index is 0.0769. The fourth-order valence-corrected chi connectivity index (χ4v) is 4.12. The maximum Gasteiger partial charge on any atom is 0.330 e. The van der Waals surface area contributed by atoms with Crippen LogP contribution >= 0.6 is 0 Å². The number of nitrogens with zero attached hydrogens (tertiary/aromatic N) is 1. The monoisotopic (exact) mass is 424 g/mol. The van der Waals surface area contributed by atoms with E-state index in [1.165, 1.54) is 10.8 Å². The summed E-state index contributed by atoms with van der Waals surface area (Å²) in [7, 11) is -3.77. The van der Waals surface area contributed by atoms with E-state index in [2.05, 4.69) is 4.98 Å². The van der Waals surface area contributed by atoms with E-state index < -0.39 is 39.8 Å². The van der Waals surface area contributed by atoms with Gasteiger partial charge in [0, 0.05) is 18.2 Å². The minimum atomic E-state index is -3.77. The van der Waals surface area contributed by atoms with Gasteiger partial charge in [-0.25, -0.2) is 4.79 Å². The average Bonchev–Trinajstić information content (AvgIpc) is 3.04. The number of H-pyrrole nitrogens is 1. The Balaban J connectivity index is 1.53. The molecule has 9 nitrogen and oxygen atoms in total. The lowest BCUT2D eigenvalue weighted by molar-refractivity contribution is -0.0400. The number of hydrogen-bond donors (Lipinski definition) is 2. The van der Waals surface area contributed by atoms with Gasteiger partial charge in [-0.3, -0.25) is 18.5 Å². The van der Waals surface area contributed by atoms with Crippen molar-refractivity contribution in [3.8, 4) is 0 Å². The van der Waals surface area contributed by atoms with Crippen LogP contribution in [0.5, 0.6) is 0 Å². The first kappa shape index (κ1) is 21.4. The fourth-order valence-electron chi connectivity index (χ4n) is 3.16. The molecule has 0 bridgehead atoms. The van der Waals surface area contributed by atoms with Crippen molar-refractivity contribution in [1.82, 2.24) is 9.55 Å². The van der Waals surface area contributed by atoms with Gasteiger partial charge in [0.05, 0.1) is 18.5 Å². The minimum Gasteiger partial charge on any atom is -0.390 e. The number of aryl methyl sites for hydroxylation is 2. The number of aromatic amines is 1. The number of aromatic nitrogens is 2. The molecule has 0 unspecified atom stereocenters. The summed E-state index contributed by atoms with van der Waals surface area (Å²) < 4.78 is 36.0. The molecule has 1 aliphatic heterocycles. The Labute approximate surface area is 168 Å². The molecule has 0 radical (unpaired) electrons. The van der Waals surface area contributed by atoms with Gasteiger partial charge in [-0.05, 0) is 25.3 Å². The highest BCUT2D eigenvalue weighted by atomic mass is 32.2. The van der Waals surface area contributed by atoms with Crippen molar-refractivity contribution < 1.29 is 22.4 Å². The molecule has 3 atom stereocenters. The van der Waals surface area contributed by atoms with Crippen molar-refractivity contribution in [2.24, 2.45) is 0 Å². The van der Waals surface area contributed by atoms with Crippen LogP contribution < -0.4 is 11.2 Å². The van der Waals surface area contributed by atoms with Crippen LogP contribution in [0.15, 0.2) is 46.1 Å². The molecule has 1 aromatic heterocycles. The molecule has 0 saturated carbocycles. The molecule has 1 saturated heterocycles. The van der Waals surface area contributed by atoms with Crippen molar-refractivity contribution >= 4 is 10.1 Å². The Hall–Kier alpha value is -2.27. The van der Waals surface area contributed by atoms with Crippen LogP contribution in [0.4, 0.5) is 0 Å². The molecule has 0 spiro atoms. The number of aliphatic hydroxyl groups is 1. The molecule has 2 aromatic rings. The summed E-state index contributed by atoms with van der Waals surface area (Å²) in [6.45, 7) is 1.20. The lowest BCUT2D eigenvalue weighted by atomic mass is 10.1. The zero-order chi connectivity index (χ0) is 21.0. The Morgan fingerprint density at radius 1 is 1.28 bits per heavy atom. The number of rotatable bonds is 8. The Morgan fingerprint density at radius 3 is 2.72 bits per heavy atom. The molecular formula is C19H24N2O7S. The molecular weight excluding hydrogens is 400 g/mol. The normalized spacial score (nSPS) is 22.1. The van der Waals surface area contributed by atoms with E-state index in [0.717, 1.165) is 5.56 Å². The first-order valence-corrected chi connectivity index (χ1v) is 10.9. The van der Waals surface area contributed by atoms with Crippen molar-refractivity contribution in [3.05, 3.63) is 68.5 Å². The zero-order valence-electron chi connectivity index (χ0n) is 16.0. The van der Waals surface area contributed by atoms with E-state index in [1.54, 1.807) is 6.92 Å². The Bertz CT molecular complexity index is 1050. The quantitative estimate of drug-likeness (QED) is 0.590. The largest absolute Gasteiger partial charge is 0.390 e. The smallest absolute Gasteiger partial charge is 0.330 e. The maximum atomic E-state index is 12.1. The van der Waals surface area contributed by atoms with Gasteiger partial charge in [0.25, 0.3) is 15.7 Å². The number of ether oxygens (including phenoxy) is 1. The summed E-state index contributed by atoms with van der Waals surface area (Å²) in [4.78, 5) is 25.6. The van der Waals surface area contributed by atoms with Crippen LogP contribution in [0.3, 0.4) is 0 Å². The second-order valence-electron chi connectivity index (χ2n) is 7.05. The third-order valence-electron chi connectivity index (χ3n) is 4.77. The second kappa shape index (κ2) is 9.04. The summed E-state index contributed by atoms with van der Waals surface area (Å²) in [5.74, 6) is -0.146. The van der Waals surface area contributed by atoms with Crippen LogP contribution in [0.2, 0.25) is 0 Å². The predicted molar refractivity (Wildman–Crippen MR) is 105 cm³/mol. The van der Waals surface area contributed by atoms with Crippen molar-refractivity contribution in [2.45, 2.75) is 44.6 Å². The van der Waals surface area contributed by atoms with Crippen LogP contribution in [-0.2, 0) is 25.5 Å². The highest BCUT2D eigenvalue weighted by Crippen LogP contribution is 2.28. The van der Waals surface area contributed by atoms with Crippen LogP contribution in [0.1, 0.15) is 30.2 Å². The Kier molecular flexibility index (Phi) is 6.68. The van der Waals surface area contributed by atoms with Crippen LogP contribution in [0, 0.1) is 6.92 Å². The van der Waals surface area contributed by atoms with Crippen molar-refractivity contribution in [1.29, 1.82) is 0 Å². The number of hydrogen-bond acceptors (Lipinski definition) is 7. The molecule has 29 heavy (non-hydrogen) atoms. The van der Waals surface area contributed by atoms with Gasteiger partial charge in [-0.2, -0.15) is 8.42 Å². The second-order valence-corrected chi connectivity index (χ2v) is 8.81. The molecule has 158 valence electrons. The number of benzene rings is 1. The molecule has 0 aliphatic carbocycles. The van der Waals surface area contributed by atoms with E-state index in [9.17, 15) is 23.1 Å². The maximum absolute atomic E-state index is 12.1. The summed E-state index contributed by atoms with van der Waals surface area (Å²) in [6, 6.07) is 9.54. The van der Waals surface area contributed by atoms with Gasteiger partial charge < -0.3 is 9.84 Å². The van der Waals surface area contributed by atoms with Gasteiger partial charge in [-0.15, -0.1) is 0 Å². The molecule has 1 aliphatic rings. The Morgan fingerprint density at radius 2 is 2.00 bits per heavy atom. The van der Waals surface area contributed by atoms with Gasteiger partial charge >= 0.3 is 5.69 Å². The van der Waals surface area contributed by atoms with Gasteiger partial charge in [0.15, 0.2) is 0 Å². The molecule has 1 aromatic carbocycles. The summed E-state index contributed by atoms with van der Waals surface area (Å²) in [5.41, 5.74) is 0.212. The van der Waals surface area contributed by atoms with Crippen LogP contribution in [-0.4, -0.2) is 47.6 Å². The number of aliphatic hydroxyl groups excluding tert-OH is 1. The standard InChI is InChI=1S/C19H24N2O7S/c1-13-11-21(19(24)20-18(13)23)17-10-15(22)16(28-17)12-27-29(25,26)9-5-8-14-6-3-2-4-7-14/h2-4,6-7,11,15-17,22H,5,8-10,12H2,1H3,(H,20,23,24)/t15-,16+,17+/m0/s1. The molecule has 10 heteroatoms. The van der Waals surface area contributed by atoms with Crippen molar-refractivity contribution in [2.75, 3.05) is 12.4 Å². The van der Waals surface area contributed by atoms with E-state index in [-0.39, 0.29) is 18.8 Å². The molecule has 0 amide bonds. The third-order valence-corrected chi connectivity index (χ3v) is 6.06. The topological polar surface area (TPSA) is 128 Å². The number of nitrogens with one attached hydrogen (secondary N) is 1. The predicted octanol–water partition coefficient (Wildman–Crippen LogP) is 0.473. The third kappa shape index (κ3) is 5.63. The zero-order valence-corrected chi connectivity index (χ0v) is 16.8. The van der Waals surface area contributed by atoms with E-state index in [1.807, 2.05) is 30.3 Å². The van der Waals surface area contributed by atoms with Gasteiger partial charge in [-0.1, -0.05) is 30.3 Å². The van der Waals surface area contributed by atoms with Gasteiger partial charge in [0.2, 0.25) is 0 Å². The molecule has 3 rings (SSSR count). The van der Waals surface area contributed by atoms with Gasteiger partial charge in [0.1, 0.15) is 12.3 Å². The van der Waals surface area contributed by atoms with Crippen molar-refractivity contribution in [3.63, 3.8) is 0 Å². The fraction of sp³-hybridized carbons (Fsp3) is 0.474. The first-order valence-electron chi connectivity index (χ1n) is 9.32. The van der Waals surface area contributed by atoms with E-state index >= 15 is 0 Å². The van der Waals surface area contributed by atoms with Crippen LogP contribution in [0.25, 0.3) is 0 Å². The molecule has 2 heterocycles. The lowest BCUT2D eigenvalue weighted by Crippen LogP contribution is -2.33. The average molecular weight is 424 g/mol. The SMILES string of the molecule is Cc1cn([C@H]2C[C@H](O)[C@@H](COS(=O)(=O)CCCc3ccccc3)O2)c(=O)[nH]c1=O. The lowest BCUT2D eigenvalue weighted by Gasteiger charge is -2.16.